The van der Waals surface area contributed by atoms with Gasteiger partial charge in [0.2, 0.25) is 0 Å². The summed E-state index contributed by atoms with van der Waals surface area (Å²) >= 11 is 0. The standard InChI is InChI=1S/C27H31N7/c1-3-20-22-13-18(17-8-11-34(12-9-17)16-19-14-29-25(4-2)31-19)5-6-24(22)32-26(20)21-7-10-28-27-23(21)15-30-33-27/h5-7,10,13-15,17,32H,3-4,8-9,11-12,16H2,1-2H3,(H,29,31)(H,28,30,33). The average Bonchev–Trinajstić information content (AvgIpc) is 3.61. The first-order chi connectivity index (χ1) is 16.7. The average molecular weight is 454 g/mol. The van der Waals surface area contributed by atoms with Gasteiger partial charge in [0.05, 0.1) is 11.9 Å². The summed E-state index contributed by atoms with van der Waals surface area (Å²) in [7, 11) is 0. The van der Waals surface area contributed by atoms with E-state index in [1.54, 1.807) is 0 Å². The first-order valence-corrected chi connectivity index (χ1v) is 12.4. The first kappa shape index (κ1) is 21.1. The van der Waals surface area contributed by atoms with Gasteiger partial charge in [-0.3, -0.25) is 10.00 Å². The van der Waals surface area contributed by atoms with Crippen molar-refractivity contribution >= 4 is 21.9 Å². The lowest BCUT2D eigenvalue weighted by Gasteiger charge is -2.31. The van der Waals surface area contributed by atoms with Crippen LogP contribution < -0.4 is 0 Å². The molecule has 1 aromatic carbocycles. The molecule has 174 valence electrons. The predicted molar refractivity (Wildman–Crippen MR) is 136 cm³/mol. The molecule has 0 aliphatic carbocycles. The summed E-state index contributed by atoms with van der Waals surface area (Å²) < 4.78 is 0. The van der Waals surface area contributed by atoms with Gasteiger partial charge in [-0.25, -0.2) is 9.97 Å². The second kappa shape index (κ2) is 8.72. The van der Waals surface area contributed by atoms with E-state index < -0.39 is 0 Å². The molecule has 1 saturated heterocycles. The van der Waals surface area contributed by atoms with Crippen LogP contribution in [0.2, 0.25) is 0 Å². The molecule has 0 bridgehead atoms. The van der Waals surface area contributed by atoms with Gasteiger partial charge < -0.3 is 9.97 Å². The summed E-state index contributed by atoms with van der Waals surface area (Å²) in [6.45, 7) is 7.59. The summed E-state index contributed by atoms with van der Waals surface area (Å²) in [5, 5.41) is 9.59. The molecule has 34 heavy (non-hydrogen) atoms. The molecule has 7 nitrogen and oxygen atoms in total. The van der Waals surface area contributed by atoms with Gasteiger partial charge in [-0.1, -0.05) is 19.9 Å². The highest BCUT2D eigenvalue weighted by atomic mass is 15.1. The Balaban J connectivity index is 1.24. The highest BCUT2D eigenvalue weighted by molar-refractivity contribution is 5.98. The van der Waals surface area contributed by atoms with Gasteiger partial charge in [0, 0.05) is 52.9 Å². The number of nitrogens with one attached hydrogen (secondary N) is 3. The Hall–Kier alpha value is -3.45. The minimum Gasteiger partial charge on any atom is -0.354 e. The van der Waals surface area contributed by atoms with E-state index in [-0.39, 0.29) is 0 Å². The minimum atomic E-state index is 0.609. The highest BCUT2D eigenvalue weighted by Crippen LogP contribution is 2.37. The smallest absolute Gasteiger partial charge is 0.155 e. The molecule has 1 fully saturated rings. The monoisotopic (exact) mass is 453 g/mol. The van der Waals surface area contributed by atoms with Crippen LogP contribution in [0.25, 0.3) is 33.2 Å². The Morgan fingerprint density at radius 2 is 1.85 bits per heavy atom. The van der Waals surface area contributed by atoms with Crippen LogP contribution >= 0.6 is 0 Å². The van der Waals surface area contributed by atoms with E-state index in [0.717, 1.165) is 54.9 Å². The van der Waals surface area contributed by atoms with Gasteiger partial charge in [-0.2, -0.15) is 5.10 Å². The molecule has 0 amide bonds. The third-order valence-electron chi connectivity index (χ3n) is 7.38. The fourth-order valence-corrected chi connectivity index (χ4v) is 5.52. The van der Waals surface area contributed by atoms with E-state index in [1.807, 2.05) is 18.6 Å². The van der Waals surface area contributed by atoms with Gasteiger partial charge >= 0.3 is 0 Å². The van der Waals surface area contributed by atoms with Crippen LogP contribution in [0.5, 0.6) is 0 Å². The molecule has 0 atom stereocenters. The topological polar surface area (TPSA) is 89.3 Å². The number of aryl methyl sites for hydroxylation is 2. The van der Waals surface area contributed by atoms with Gasteiger partial charge in [0.1, 0.15) is 5.82 Å². The van der Waals surface area contributed by atoms with Crippen LogP contribution in [0.4, 0.5) is 0 Å². The van der Waals surface area contributed by atoms with Crippen molar-refractivity contribution < 1.29 is 0 Å². The van der Waals surface area contributed by atoms with Crippen LogP contribution in [0.15, 0.2) is 42.9 Å². The largest absolute Gasteiger partial charge is 0.354 e. The molecule has 7 heteroatoms. The fraction of sp³-hybridized carbons (Fsp3) is 0.370. The third-order valence-corrected chi connectivity index (χ3v) is 7.38. The molecule has 5 aromatic rings. The number of nitrogens with zero attached hydrogens (tertiary/aromatic N) is 4. The van der Waals surface area contributed by atoms with Gasteiger partial charge in [0.15, 0.2) is 5.65 Å². The predicted octanol–water partition coefficient (Wildman–Crippen LogP) is 5.33. The van der Waals surface area contributed by atoms with E-state index in [1.165, 1.54) is 46.3 Å². The van der Waals surface area contributed by atoms with Gasteiger partial charge in [-0.15, -0.1) is 0 Å². The van der Waals surface area contributed by atoms with E-state index in [0.29, 0.717) is 5.92 Å². The molecule has 1 aliphatic heterocycles. The molecule has 0 radical (unpaired) electrons. The molecular formula is C27H31N7. The zero-order valence-electron chi connectivity index (χ0n) is 19.9. The molecule has 3 N–H and O–H groups in total. The van der Waals surface area contributed by atoms with E-state index in [4.69, 9.17) is 0 Å². The number of pyridine rings is 1. The van der Waals surface area contributed by atoms with Crippen molar-refractivity contribution in [2.24, 2.45) is 0 Å². The number of fused-ring (bicyclic) bond motifs is 2. The Morgan fingerprint density at radius 3 is 2.65 bits per heavy atom. The number of likely N-dealkylation sites (tertiary alicyclic amines) is 1. The maximum atomic E-state index is 4.45. The van der Waals surface area contributed by atoms with Crippen molar-refractivity contribution in [1.82, 2.24) is 35.0 Å². The number of H-pyrrole nitrogens is 3. The summed E-state index contributed by atoms with van der Waals surface area (Å²) in [5.41, 5.74) is 8.43. The summed E-state index contributed by atoms with van der Waals surface area (Å²) in [6, 6.07) is 9.11. The lowest BCUT2D eigenvalue weighted by molar-refractivity contribution is 0.203. The number of aromatic amines is 3. The molecule has 1 aliphatic rings. The van der Waals surface area contributed by atoms with Crippen molar-refractivity contribution in [2.75, 3.05) is 13.1 Å². The van der Waals surface area contributed by atoms with Crippen LogP contribution in [0.1, 0.15) is 55.3 Å². The Bertz CT molecular complexity index is 1430. The minimum absolute atomic E-state index is 0.609. The van der Waals surface area contributed by atoms with Gasteiger partial charge in [-0.05, 0) is 67.6 Å². The van der Waals surface area contributed by atoms with Crippen LogP contribution in [0, 0.1) is 0 Å². The number of piperidine rings is 1. The Kier molecular flexibility index (Phi) is 5.41. The van der Waals surface area contributed by atoms with Crippen LogP contribution in [-0.4, -0.2) is 48.1 Å². The van der Waals surface area contributed by atoms with E-state index in [2.05, 4.69) is 73.1 Å². The molecular weight excluding hydrogens is 422 g/mol. The molecule has 0 saturated carbocycles. The van der Waals surface area contributed by atoms with E-state index >= 15 is 0 Å². The number of hydrogen-bond acceptors (Lipinski definition) is 4. The Morgan fingerprint density at radius 1 is 0.971 bits per heavy atom. The third kappa shape index (κ3) is 3.70. The van der Waals surface area contributed by atoms with Crippen molar-refractivity contribution in [3.63, 3.8) is 0 Å². The van der Waals surface area contributed by atoms with Crippen molar-refractivity contribution in [3.05, 3.63) is 65.5 Å². The zero-order chi connectivity index (χ0) is 23.1. The van der Waals surface area contributed by atoms with Crippen LogP contribution in [-0.2, 0) is 19.4 Å². The molecule has 0 unspecified atom stereocenters. The number of benzene rings is 1. The number of aromatic nitrogens is 6. The normalized spacial score (nSPS) is 15.6. The zero-order valence-corrected chi connectivity index (χ0v) is 19.9. The molecule has 4 aromatic heterocycles. The van der Waals surface area contributed by atoms with Gasteiger partial charge in [0.25, 0.3) is 0 Å². The number of hydrogen-bond donors (Lipinski definition) is 3. The maximum absolute atomic E-state index is 4.45. The lowest BCUT2D eigenvalue weighted by atomic mass is 9.88. The lowest BCUT2D eigenvalue weighted by Crippen LogP contribution is -2.32. The quantitative estimate of drug-likeness (QED) is 0.324. The Labute approximate surface area is 199 Å². The summed E-state index contributed by atoms with van der Waals surface area (Å²) in [6.07, 6.45) is 10.0. The first-order valence-electron chi connectivity index (χ1n) is 12.4. The summed E-state index contributed by atoms with van der Waals surface area (Å²) in [4.78, 5) is 18.6. The van der Waals surface area contributed by atoms with Crippen molar-refractivity contribution in [3.8, 4) is 11.3 Å². The fourth-order valence-electron chi connectivity index (χ4n) is 5.52. The number of imidazole rings is 1. The second-order valence-corrected chi connectivity index (χ2v) is 9.39. The molecule has 6 rings (SSSR count). The second-order valence-electron chi connectivity index (χ2n) is 9.39. The highest BCUT2D eigenvalue weighted by Gasteiger charge is 2.23. The van der Waals surface area contributed by atoms with E-state index in [9.17, 15) is 0 Å². The SMILES string of the molecule is CCc1ncc(CN2CCC(c3ccc4[nH]c(-c5ccnc6[nH]ncc56)c(CC)c4c3)CC2)[nH]1. The maximum Gasteiger partial charge on any atom is 0.155 e. The number of rotatable bonds is 6. The van der Waals surface area contributed by atoms with Crippen molar-refractivity contribution in [1.29, 1.82) is 0 Å². The van der Waals surface area contributed by atoms with Crippen molar-refractivity contribution in [2.45, 2.75) is 52.0 Å². The van der Waals surface area contributed by atoms with Crippen LogP contribution in [0.3, 0.4) is 0 Å². The molecule has 5 heterocycles. The molecule has 0 spiro atoms. The summed E-state index contributed by atoms with van der Waals surface area (Å²) in [5.74, 6) is 1.69.